The first-order valence-electron chi connectivity index (χ1n) is 16.5. The van der Waals surface area contributed by atoms with Crippen LogP contribution in [0.3, 0.4) is 0 Å². The van der Waals surface area contributed by atoms with Crippen molar-refractivity contribution in [3.8, 4) is 11.5 Å². The summed E-state index contributed by atoms with van der Waals surface area (Å²) < 4.78 is 30.9. The van der Waals surface area contributed by atoms with Gasteiger partial charge in [0, 0.05) is 11.6 Å². The van der Waals surface area contributed by atoms with Crippen LogP contribution in [0.15, 0.2) is 66.9 Å². The van der Waals surface area contributed by atoms with Gasteiger partial charge in [0.1, 0.15) is 11.5 Å². The Balaban J connectivity index is 1.01. The fraction of sp³-hybridized carbons (Fsp3) is 0.541. The molecule has 0 amide bonds. The largest absolute Gasteiger partial charge is 0.508 e. The summed E-state index contributed by atoms with van der Waals surface area (Å²) in [5, 5.41) is 22.2. The molecule has 1 heterocycles. The smallest absolute Gasteiger partial charge is 0.156 e. The zero-order valence-corrected chi connectivity index (χ0v) is 26.6. The number of fused-ring (bicyclic) bond motifs is 3. The molecule has 0 saturated heterocycles. The van der Waals surface area contributed by atoms with Gasteiger partial charge in [0.25, 0.3) is 0 Å². The minimum absolute atomic E-state index is 0.00717. The van der Waals surface area contributed by atoms with Crippen molar-refractivity contribution in [1.82, 2.24) is 4.98 Å². The summed E-state index contributed by atoms with van der Waals surface area (Å²) in [5.74, 6) is 2.55. The Labute approximate surface area is 261 Å². The molecule has 3 saturated carbocycles. The van der Waals surface area contributed by atoms with Crippen molar-refractivity contribution in [3.05, 3.63) is 89.2 Å². The van der Waals surface area contributed by atoms with Gasteiger partial charge in [-0.25, -0.2) is 8.42 Å². The zero-order valence-electron chi connectivity index (χ0n) is 25.7. The van der Waals surface area contributed by atoms with Gasteiger partial charge in [-0.15, -0.1) is 0 Å². The average Bonchev–Trinajstić information content (AvgIpc) is 3.38. The van der Waals surface area contributed by atoms with Gasteiger partial charge in [-0.3, -0.25) is 4.98 Å². The molecule has 7 heteroatoms. The second-order valence-corrected chi connectivity index (χ2v) is 16.5. The van der Waals surface area contributed by atoms with Crippen LogP contribution in [0.25, 0.3) is 0 Å². The Hall–Kier alpha value is -2.90. The van der Waals surface area contributed by atoms with Crippen LogP contribution in [0, 0.1) is 16.7 Å². The number of phenolic OH excluding ortho intramolecular Hbond substituents is 1. The summed E-state index contributed by atoms with van der Waals surface area (Å²) in [7, 11) is -3.17. The normalized spacial score (nSPS) is 32.1. The number of pyridine rings is 1. The van der Waals surface area contributed by atoms with E-state index in [9.17, 15) is 18.6 Å². The molecule has 2 aromatic carbocycles. The molecule has 4 aliphatic carbocycles. The van der Waals surface area contributed by atoms with E-state index in [1.54, 1.807) is 18.3 Å². The Morgan fingerprint density at radius 2 is 1.77 bits per heavy atom. The lowest BCUT2D eigenvalue weighted by Crippen LogP contribution is -2.54. The van der Waals surface area contributed by atoms with E-state index in [0.29, 0.717) is 42.2 Å². The molecule has 234 valence electrons. The predicted octanol–water partition coefficient (Wildman–Crippen LogP) is 7.10. The van der Waals surface area contributed by atoms with Crippen LogP contribution in [-0.2, 0) is 22.0 Å². The molecule has 4 aliphatic rings. The first-order chi connectivity index (χ1) is 21.1. The zero-order chi connectivity index (χ0) is 30.6. The minimum Gasteiger partial charge on any atom is -0.508 e. The fourth-order valence-electron chi connectivity index (χ4n) is 10.1. The van der Waals surface area contributed by atoms with E-state index in [4.69, 9.17) is 4.74 Å². The van der Waals surface area contributed by atoms with Crippen molar-refractivity contribution >= 4 is 9.84 Å². The lowest BCUT2D eigenvalue weighted by atomic mass is 9.45. The highest BCUT2D eigenvalue weighted by atomic mass is 32.2. The molecule has 44 heavy (non-hydrogen) atoms. The van der Waals surface area contributed by atoms with Gasteiger partial charge in [-0.05, 0) is 140 Å². The van der Waals surface area contributed by atoms with Crippen molar-refractivity contribution in [2.45, 2.75) is 94.3 Å². The number of hydrogen-bond acceptors (Lipinski definition) is 6. The van der Waals surface area contributed by atoms with Crippen LogP contribution in [0.1, 0.15) is 98.9 Å². The number of aromatic hydroxyl groups is 1. The topological polar surface area (TPSA) is 96.7 Å². The van der Waals surface area contributed by atoms with Crippen LogP contribution in [0.2, 0.25) is 0 Å². The Morgan fingerprint density at radius 1 is 0.977 bits per heavy atom. The molecular weight excluding hydrogens is 570 g/mol. The molecule has 1 aromatic heterocycles. The standard InChI is InChI=1S/C37H45NO5S/c1-35-24-32(34-31-14-11-29(39)23-27(31)10-15-33(34)36(35)16-18-37(35,40)19-17-36)26-8-12-30(13-9-26)43-21-5-2-6-22-44(41,42)25-28-7-3-4-20-38-28/h3-4,7-9,11-14,20,23,32-34,39-40H,2,5-6,10,15-19,21-22,24-25H2,1H3/t32-,33-,34+,35+,36?,37?/m1/s1. The lowest BCUT2D eigenvalue weighted by molar-refractivity contribution is -0.108. The molecule has 0 spiro atoms. The number of aryl methyl sites for hydroxylation is 1. The van der Waals surface area contributed by atoms with Gasteiger partial charge in [-0.2, -0.15) is 0 Å². The number of sulfone groups is 1. The highest BCUT2D eigenvalue weighted by molar-refractivity contribution is 7.90. The number of aliphatic hydroxyl groups is 1. The number of hydrogen-bond donors (Lipinski definition) is 2. The monoisotopic (exact) mass is 615 g/mol. The van der Waals surface area contributed by atoms with Gasteiger partial charge in [-0.1, -0.05) is 31.2 Å². The molecule has 0 radical (unpaired) electrons. The summed E-state index contributed by atoms with van der Waals surface area (Å²) in [4.78, 5) is 4.13. The van der Waals surface area contributed by atoms with Crippen molar-refractivity contribution in [3.63, 3.8) is 0 Å². The van der Waals surface area contributed by atoms with Crippen LogP contribution >= 0.6 is 0 Å². The summed E-state index contributed by atoms with van der Waals surface area (Å²) in [6, 6.07) is 19.9. The minimum atomic E-state index is -3.17. The van der Waals surface area contributed by atoms with E-state index >= 15 is 0 Å². The van der Waals surface area contributed by atoms with E-state index < -0.39 is 15.4 Å². The Bertz CT molecular complexity index is 1600. The molecule has 2 N–H and O–H groups in total. The van der Waals surface area contributed by atoms with Crippen molar-refractivity contribution < 1.29 is 23.4 Å². The third-order valence-corrected chi connectivity index (χ3v) is 13.9. The molecule has 4 atom stereocenters. The van der Waals surface area contributed by atoms with Gasteiger partial charge in [0.2, 0.25) is 0 Å². The van der Waals surface area contributed by atoms with E-state index in [1.807, 2.05) is 18.2 Å². The molecule has 6 nitrogen and oxygen atoms in total. The van der Waals surface area contributed by atoms with E-state index in [-0.39, 0.29) is 22.3 Å². The molecule has 0 aliphatic heterocycles. The maximum Gasteiger partial charge on any atom is 0.156 e. The summed E-state index contributed by atoms with van der Waals surface area (Å²) >= 11 is 0. The van der Waals surface area contributed by atoms with Crippen LogP contribution in [-0.4, -0.2) is 41.6 Å². The Kier molecular flexibility index (Phi) is 7.56. The Morgan fingerprint density at radius 3 is 2.52 bits per heavy atom. The number of unbranched alkanes of at least 4 members (excludes halogenated alkanes) is 2. The second-order valence-electron chi connectivity index (χ2n) is 14.3. The highest BCUT2D eigenvalue weighted by Crippen LogP contribution is 2.79. The second kappa shape index (κ2) is 11.2. The summed E-state index contributed by atoms with van der Waals surface area (Å²) in [6.45, 7) is 2.95. The molecule has 3 aromatic rings. The van der Waals surface area contributed by atoms with Crippen molar-refractivity contribution in [2.75, 3.05) is 12.4 Å². The maximum atomic E-state index is 12.4. The van der Waals surface area contributed by atoms with E-state index in [0.717, 1.165) is 63.5 Å². The van der Waals surface area contributed by atoms with E-state index in [1.165, 1.54) is 16.7 Å². The average molecular weight is 616 g/mol. The van der Waals surface area contributed by atoms with Crippen molar-refractivity contribution in [2.24, 2.45) is 16.7 Å². The first kappa shape index (κ1) is 29.8. The van der Waals surface area contributed by atoms with Crippen LogP contribution in [0.4, 0.5) is 0 Å². The number of nitrogens with zero attached hydrogens (tertiary/aromatic N) is 1. The number of ether oxygens (including phenoxy) is 1. The number of phenols is 1. The van der Waals surface area contributed by atoms with Gasteiger partial charge in [0.15, 0.2) is 9.84 Å². The third-order valence-electron chi connectivity index (χ3n) is 12.3. The number of rotatable bonds is 10. The van der Waals surface area contributed by atoms with Gasteiger partial charge in [0.05, 0.1) is 29.4 Å². The maximum absolute atomic E-state index is 12.4. The quantitative estimate of drug-likeness (QED) is 0.236. The van der Waals surface area contributed by atoms with Crippen molar-refractivity contribution in [1.29, 1.82) is 0 Å². The third kappa shape index (κ3) is 4.95. The van der Waals surface area contributed by atoms with Gasteiger partial charge < -0.3 is 14.9 Å². The fourth-order valence-corrected chi connectivity index (χ4v) is 11.5. The summed E-state index contributed by atoms with van der Waals surface area (Å²) in [5.41, 5.74) is 4.12. The summed E-state index contributed by atoms with van der Waals surface area (Å²) in [6.07, 6.45) is 11.0. The number of benzene rings is 2. The van der Waals surface area contributed by atoms with E-state index in [2.05, 4.69) is 42.2 Å². The molecular formula is C37H45NO5S. The van der Waals surface area contributed by atoms with Crippen LogP contribution < -0.4 is 4.74 Å². The molecule has 3 fully saturated rings. The molecule has 2 bridgehead atoms. The highest BCUT2D eigenvalue weighted by Gasteiger charge is 2.74. The predicted molar refractivity (Wildman–Crippen MR) is 171 cm³/mol. The first-order valence-corrected chi connectivity index (χ1v) is 18.3. The van der Waals surface area contributed by atoms with Crippen LogP contribution in [0.5, 0.6) is 11.5 Å². The lowest BCUT2D eigenvalue weighted by Gasteiger charge is -2.59. The SMILES string of the molecule is C[C@]12C[C@H](c3ccc(OCCCCCS(=O)(=O)Cc4ccccn4)cc3)[C@@H]3c4ccc(O)cc4CC[C@H]3C13CCC2(O)CC3. The molecule has 0 unspecified atom stereocenters. The molecule has 7 rings (SSSR count). The van der Waals surface area contributed by atoms with Gasteiger partial charge >= 0.3 is 0 Å². The number of aromatic nitrogens is 1.